The van der Waals surface area contributed by atoms with Gasteiger partial charge in [0.15, 0.2) is 24.7 Å². The van der Waals surface area contributed by atoms with Crippen LogP contribution in [-0.4, -0.2) is 35.6 Å². The molecule has 1 aliphatic rings. The van der Waals surface area contributed by atoms with Gasteiger partial charge in [0, 0.05) is 23.7 Å². The second-order valence-electron chi connectivity index (χ2n) is 7.20. The van der Waals surface area contributed by atoms with Crippen LogP contribution >= 0.6 is 0 Å². The van der Waals surface area contributed by atoms with Crippen LogP contribution in [0.1, 0.15) is 19.4 Å². The number of ether oxygens (including phenoxy) is 3. The molecule has 1 amide bonds. The average Bonchev–Trinajstić information content (AvgIpc) is 3.00. The summed E-state index contributed by atoms with van der Waals surface area (Å²) in [6, 6.07) is 8.26. The van der Waals surface area contributed by atoms with Gasteiger partial charge < -0.3 is 19.5 Å². The lowest BCUT2D eigenvalue weighted by Crippen LogP contribution is -2.25. The van der Waals surface area contributed by atoms with E-state index in [-0.39, 0.29) is 11.3 Å². The number of hydrogen-bond acceptors (Lipinski definition) is 7. The van der Waals surface area contributed by atoms with E-state index in [1.165, 1.54) is 0 Å². The number of nitrogens with one attached hydrogen (secondary N) is 1. The predicted octanol–water partition coefficient (Wildman–Crippen LogP) is 3.01. The highest BCUT2D eigenvalue weighted by molar-refractivity contribution is 5.93. The molecule has 9 nitrogen and oxygen atoms in total. The van der Waals surface area contributed by atoms with Crippen LogP contribution < -0.4 is 14.8 Å². The van der Waals surface area contributed by atoms with E-state index in [4.69, 9.17) is 14.2 Å². The van der Waals surface area contributed by atoms with Gasteiger partial charge in [-0.3, -0.25) is 14.9 Å². The molecule has 0 aromatic heterocycles. The summed E-state index contributed by atoms with van der Waals surface area (Å²) in [7, 11) is 0. The van der Waals surface area contributed by atoms with Crippen molar-refractivity contribution in [1.29, 1.82) is 0 Å². The zero-order valence-corrected chi connectivity index (χ0v) is 16.3. The standard InChI is InChI=1S/C20H19FN2O7/c1-20(2)9-12-4-3-5-16(19(12)30-20)28-11-18(25)29-10-17(24)22-13-6-7-14(21)15(8-13)23(26)27/h3-8H,9-11H2,1-2H3,(H,22,24). The van der Waals surface area contributed by atoms with Crippen molar-refractivity contribution in [3.8, 4) is 11.5 Å². The number of carbonyl (C=O) groups excluding carboxylic acids is 2. The Balaban J connectivity index is 1.49. The van der Waals surface area contributed by atoms with Gasteiger partial charge in [0.1, 0.15) is 5.60 Å². The van der Waals surface area contributed by atoms with E-state index in [0.29, 0.717) is 17.9 Å². The quantitative estimate of drug-likeness (QED) is 0.417. The first-order valence-electron chi connectivity index (χ1n) is 8.98. The largest absolute Gasteiger partial charge is 0.483 e. The molecule has 0 atom stereocenters. The molecule has 0 bridgehead atoms. The highest BCUT2D eigenvalue weighted by atomic mass is 19.1. The minimum Gasteiger partial charge on any atom is -0.483 e. The third-order valence-corrected chi connectivity index (χ3v) is 4.19. The fourth-order valence-electron chi connectivity index (χ4n) is 2.95. The summed E-state index contributed by atoms with van der Waals surface area (Å²) in [5.41, 5.74) is -0.173. The van der Waals surface area contributed by atoms with Crippen molar-refractivity contribution >= 4 is 23.3 Å². The van der Waals surface area contributed by atoms with E-state index < -0.39 is 41.5 Å². The van der Waals surface area contributed by atoms with Crippen LogP contribution in [0.15, 0.2) is 36.4 Å². The number of hydrogen-bond donors (Lipinski definition) is 1. The molecule has 1 heterocycles. The topological polar surface area (TPSA) is 117 Å². The van der Waals surface area contributed by atoms with Crippen molar-refractivity contribution in [2.45, 2.75) is 25.9 Å². The van der Waals surface area contributed by atoms with Gasteiger partial charge in [-0.05, 0) is 32.0 Å². The molecule has 3 rings (SSSR count). The molecule has 1 aliphatic heterocycles. The molecule has 0 saturated heterocycles. The first-order chi connectivity index (χ1) is 14.1. The Bertz CT molecular complexity index is 1010. The molecule has 0 radical (unpaired) electrons. The molecule has 0 spiro atoms. The third-order valence-electron chi connectivity index (χ3n) is 4.19. The molecule has 0 saturated carbocycles. The summed E-state index contributed by atoms with van der Waals surface area (Å²) in [5, 5.41) is 13.0. The van der Waals surface area contributed by atoms with Gasteiger partial charge in [-0.15, -0.1) is 0 Å². The van der Waals surface area contributed by atoms with Gasteiger partial charge in [-0.1, -0.05) is 12.1 Å². The monoisotopic (exact) mass is 418 g/mol. The number of carbonyl (C=O) groups is 2. The van der Waals surface area contributed by atoms with Gasteiger partial charge in [-0.2, -0.15) is 4.39 Å². The Morgan fingerprint density at radius 1 is 1.27 bits per heavy atom. The number of para-hydroxylation sites is 1. The van der Waals surface area contributed by atoms with E-state index in [1.807, 2.05) is 19.9 Å². The van der Waals surface area contributed by atoms with E-state index >= 15 is 0 Å². The average molecular weight is 418 g/mol. The number of amides is 1. The number of esters is 1. The number of halogens is 1. The first-order valence-corrected chi connectivity index (χ1v) is 8.98. The summed E-state index contributed by atoms with van der Waals surface area (Å²) in [6.45, 7) is 2.82. The summed E-state index contributed by atoms with van der Waals surface area (Å²) in [4.78, 5) is 33.6. The normalized spacial score (nSPS) is 13.7. The third kappa shape index (κ3) is 5.02. The van der Waals surface area contributed by atoms with Crippen molar-refractivity contribution in [2.75, 3.05) is 18.5 Å². The van der Waals surface area contributed by atoms with Crippen molar-refractivity contribution in [3.05, 3.63) is 57.9 Å². The van der Waals surface area contributed by atoms with Crippen molar-refractivity contribution in [1.82, 2.24) is 0 Å². The van der Waals surface area contributed by atoms with Crippen LogP contribution in [0.3, 0.4) is 0 Å². The molecule has 158 valence electrons. The maximum atomic E-state index is 13.3. The van der Waals surface area contributed by atoms with Gasteiger partial charge >= 0.3 is 11.7 Å². The molecular weight excluding hydrogens is 399 g/mol. The number of nitrogens with zero attached hydrogens (tertiary/aromatic N) is 1. The lowest BCUT2D eigenvalue weighted by Gasteiger charge is -2.18. The number of fused-ring (bicyclic) bond motifs is 1. The van der Waals surface area contributed by atoms with Gasteiger partial charge in [-0.25, -0.2) is 4.79 Å². The second kappa shape index (κ2) is 8.36. The number of benzene rings is 2. The maximum absolute atomic E-state index is 13.3. The Kier molecular flexibility index (Phi) is 5.86. The van der Waals surface area contributed by atoms with Gasteiger partial charge in [0.25, 0.3) is 5.91 Å². The minimum absolute atomic E-state index is 0.00000995. The summed E-state index contributed by atoms with van der Waals surface area (Å²) in [5.74, 6) is -1.58. The van der Waals surface area contributed by atoms with Crippen LogP contribution in [0.25, 0.3) is 0 Å². The van der Waals surface area contributed by atoms with Crippen LogP contribution in [-0.2, 0) is 20.7 Å². The van der Waals surface area contributed by atoms with E-state index in [0.717, 1.165) is 23.8 Å². The first kappa shape index (κ1) is 21.0. The molecule has 2 aromatic carbocycles. The highest BCUT2D eigenvalue weighted by Gasteiger charge is 2.32. The smallest absolute Gasteiger partial charge is 0.344 e. The predicted molar refractivity (Wildman–Crippen MR) is 103 cm³/mol. The lowest BCUT2D eigenvalue weighted by molar-refractivity contribution is -0.387. The SMILES string of the molecule is CC1(C)Cc2cccc(OCC(=O)OCC(=O)Nc3ccc(F)c([N+](=O)[O-])c3)c2O1. The zero-order valence-electron chi connectivity index (χ0n) is 16.3. The van der Waals surface area contributed by atoms with Gasteiger partial charge in [0.2, 0.25) is 5.82 Å². The molecule has 1 N–H and O–H groups in total. The fourth-order valence-corrected chi connectivity index (χ4v) is 2.95. The van der Waals surface area contributed by atoms with Crippen molar-refractivity contribution in [3.63, 3.8) is 0 Å². The Morgan fingerprint density at radius 2 is 2.03 bits per heavy atom. The minimum atomic E-state index is -1.03. The molecule has 10 heteroatoms. The van der Waals surface area contributed by atoms with E-state index in [1.54, 1.807) is 12.1 Å². The fraction of sp³-hybridized carbons (Fsp3) is 0.300. The van der Waals surface area contributed by atoms with E-state index in [2.05, 4.69) is 5.32 Å². The summed E-state index contributed by atoms with van der Waals surface area (Å²) in [6.07, 6.45) is 0.714. The van der Waals surface area contributed by atoms with Crippen molar-refractivity contribution in [2.24, 2.45) is 0 Å². The molecule has 30 heavy (non-hydrogen) atoms. The molecule has 2 aromatic rings. The number of nitro benzene ring substituents is 1. The van der Waals surface area contributed by atoms with Crippen LogP contribution in [0.5, 0.6) is 11.5 Å². The Morgan fingerprint density at radius 3 is 2.77 bits per heavy atom. The highest BCUT2D eigenvalue weighted by Crippen LogP contribution is 2.41. The maximum Gasteiger partial charge on any atom is 0.344 e. The van der Waals surface area contributed by atoms with Crippen LogP contribution in [0.2, 0.25) is 0 Å². The second-order valence-corrected chi connectivity index (χ2v) is 7.20. The Labute approximate surface area is 170 Å². The number of anilines is 1. The Hall–Kier alpha value is -3.69. The summed E-state index contributed by atoms with van der Waals surface area (Å²) < 4.78 is 29.5. The van der Waals surface area contributed by atoms with Gasteiger partial charge in [0.05, 0.1) is 4.92 Å². The molecular formula is C20H19FN2O7. The lowest BCUT2D eigenvalue weighted by atomic mass is 10.0. The zero-order chi connectivity index (χ0) is 21.9. The van der Waals surface area contributed by atoms with Crippen molar-refractivity contribution < 1.29 is 33.1 Å². The van der Waals surface area contributed by atoms with Crippen LogP contribution in [0.4, 0.5) is 15.8 Å². The summed E-state index contributed by atoms with van der Waals surface area (Å²) >= 11 is 0. The number of nitro groups is 1. The van der Waals surface area contributed by atoms with E-state index in [9.17, 15) is 24.1 Å². The molecule has 0 fully saturated rings. The molecule has 0 unspecified atom stereocenters. The van der Waals surface area contributed by atoms with Crippen LogP contribution in [0, 0.1) is 15.9 Å². The number of rotatable bonds is 7. The molecule has 0 aliphatic carbocycles.